The van der Waals surface area contributed by atoms with E-state index in [2.05, 4.69) is 24.5 Å². The van der Waals surface area contributed by atoms with E-state index in [1.807, 2.05) is 0 Å². The molecule has 0 aliphatic carbocycles. The minimum absolute atomic E-state index is 0.168. The molecule has 17 heavy (non-hydrogen) atoms. The predicted molar refractivity (Wildman–Crippen MR) is 68.9 cm³/mol. The zero-order valence-electron chi connectivity index (χ0n) is 11.3. The molecule has 1 fully saturated rings. The number of rotatable bonds is 6. The quantitative estimate of drug-likeness (QED) is 0.735. The summed E-state index contributed by atoms with van der Waals surface area (Å²) in [6, 6.07) is 0. The van der Waals surface area contributed by atoms with Crippen LogP contribution in [0, 0.1) is 11.3 Å². The Balaban J connectivity index is 2.48. The third-order valence-corrected chi connectivity index (χ3v) is 3.47. The van der Waals surface area contributed by atoms with Gasteiger partial charge in [-0.3, -0.25) is 4.79 Å². The summed E-state index contributed by atoms with van der Waals surface area (Å²) in [5, 5.41) is 6.35. The maximum atomic E-state index is 12.3. The minimum Gasteiger partial charge on any atom is -0.384 e. The van der Waals surface area contributed by atoms with E-state index in [-0.39, 0.29) is 11.3 Å². The third-order valence-electron chi connectivity index (χ3n) is 3.47. The van der Waals surface area contributed by atoms with Gasteiger partial charge in [-0.05, 0) is 38.3 Å². The Labute approximate surface area is 104 Å². The molecule has 1 heterocycles. The summed E-state index contributed by atoms with van der Waals surface area (Å²) in [4.78, 5) is 12.3. The average Bonchev–Trinajstić information content (AvgIpc) is 2.30. The second-order valence-electron chi connectivity index (χ2n) is 5.40. The van der Waals surface area contributed by atoms with E-state index in [1.165, 1.54) is 0 Å². The van der Waals surface area contributed by atoms with Gasteiger partial charge in [0.2, 0.25) is 5.91 Å². The number of carbonyl (C=O) groups excluding carboxylic acids is 1. The molecule has 4 heteroatoms. The lowest BCUT2D eigenvalue weighted by molar-refractivity contribution is -0.136. The Morgan fingerprint density at radius 3 is 2.59 bits per heavy atom. The second-order valence-corrected chi connectivity index (χ2v) is 5.40. The van der Waals surface area contributed by atoms with E-state index >= 15 is 0 Å². The number of hydrogen-bond acceptors (Lipinski definition) is 3. The summed E-state index contributed by atoms with van der Waals surface area (Å²) in [6.07, 6.45) is 2.77. The summed E-state index contributed by atoms with van der Waals surface area (Å²) >= 11 is 0. The number of methoxy groups -OCH3 is 1. The van der Waals surface area contributed by atoms with Crippen molar-refractivity contribution in [3.8, 4) is 0 Å². The van der Waals surface area contributed by atoms with Crippen LogP contribution in [0.3, 0.4) is 0 Å². The highest BCUT2D eigenvalue weighted by molar-refractivity contribution is 5.82. The van der Waals surface area contributed by atoms with Gasteiger partial charge in [0.15, 0.2) is 0 Å². The van der Waals surface area contributed by atoms with Crippen LogP contribution in [-0.4, -0.2) is 39.3 Å². The fourth-order valence-electron chi connectivity index (χ4n) is 2.28. The molecule has 0 unspecified atom stereocenters. The molecule has 100 valence electrons. The second kappa shape index (κ2) is 6.97. The van der Waals surface area contributed by atoms with Gasteiger partial charge in [-0.15, -0.1) is 0 Å². The third kappa shape index (κ3) is 4.28. The van der Waals surface area contributed by atoms with Gasteiger partial charge < -0.3 is 15.4 Å². The van der Waals surface area contributed by atoms with Gasteiger partial charge in [-0.1, -0.05) is 13.8 Å². The van der Waals surface area contributed by atoms with E-state index in [0.29, 0.717) is 12.5 Å². The van der Waals surface area contributed by atoms with Crippen LogP contribution in [-0.2, 0) is 9.53 Å². The van der Waals surface area contributed by atoms with Crippen LogP contribution < -0.4 is 10.6 Å². The molecular formula is C13H26N2O2. The molecule has 1 amide bonds. The van der Waals surface area contributed by atoms with E-state index in [1.54, 1.807) is 7.11 Å². The van der Waals surface area contributed by atoms with Crippen LogP contribution in [0.4, 0.5) is 0 Å². The summed E-state index contributed by atoms with van der Waals surface area (Å²) in [7, 11) is 1.67. The Hall–Kier alpha value is -0.610. The molecule has 1 aliphatic heterocycles. The van der Waals surface area contributed by atoms with Gasteiger partial charge in [0.1, 0.15) is 0 Å². The number of nitrogens with one attached hydrogen (secondary N) is 2. The summed E-state index contributed by atoms with van der Waals surface area (Å²) in [5.41, 5.74) is -0.309. The van der Waals surface area contributed by atoms with E-state index in [0.717, 1.165) is 38.9 Å². The van der Waals surface area contributed by atoms with Crippen LogP contribution in [0.25, 0.3) is 0 Å². The lowest BCUT2D eigenvalue weighted by Crippen LogP contribution is -2.50. The highest BCUT2D eigenvalue weighted by Crippen LogP contribution is 2.29. The Bertz CT molecular complexity index is 230. The molecule has 0 aromatic rings. The summed E-state index contributed by atoms with van der Waals surface area (Å²) < 4.78 is 5.24. The van der Waals surface area contributed by atoms with Crippen molar-refractivity contribution in [2.45, 2.75) is 33.1 Å². The topological polar surface area (TPSA) is 50.4 Å². The first kappa shape index (κ1) is 14.5. The summed E-state index contributed by atoms with van der Waals surface area (Å²) in [6.45, 7) is 7.45. The van der Waals surface area contributed by atoms with Gasteiger partial charge in [0, 0.05) is 13.7 Å². The van der Waals surface area contributed by atoms with Crippen molar-refractivity contribution in [1.82, 2.24) is 10.6 Å². The van der Waals surface area contributed by atoms with Crippen LogP contribution >= 0.6 is 0 Å². The summed E-state index contributed by atoms with van der Waals surface area (Å²) in [5.74, 6) is 0.795. The number of piperidine rings is 1. The molecule has 0 aromatic carbocycles. The molecule has 2 N–H and O–H groups in total. The lowest BCUT2D eigenvalue weighted by atomic mass is 9.78. The maximum absolute atomic E-state index is 12.3. The van der Waals surface area contributed by atoms with Gasteiger partial charge in [0.05, 0.1) is 12.0 Å². The first-order valence-corrected chi connectivity index (χ1v) is 6.59. The van der Waals surface area contributed by atoms with Crippen LogP contribution in [0.5, 0.6) is 0 Å². The largest absolute Gasteiger partial charge is 0.384 e. The Morgan fingerprint density at radius 2 is 2.06 bits per heavy atom. The zero-order chi connectivity index (χ0) is 12.7. The highest BCUT2D eigenvalue weighted by atomic mass is 16.5. The fraction of sp³-hybridized carbons (Fsp3) is 0.923. The molecule has 1 aliphatic rings. The molecule has 1 saturated heterocycles. The van der Waals surface area contributed by atoms with E-state index in [4.69, 9.17) is 4.74 Å². The van der Waals surface area contributed by atoms with Crippen molar-refractivity contribution in [3.05, 3.63) is 0 Å². The number of hydrogen-bond donors (Lipinski definition) is 2. The first-order chi connectivity index (χ1) is 8.10. The fourth-order valence-corrected chi connectivity index (χ4v) is 2.28. The molecule has 1 rings (SSSR count). The zero-order valence-corrected chi connectivity index (χ0v) is 11.3. The Kier molecular flexibility index (Phi) is 5.92. The van der Waals surface area contributed by atoms with Crippen molar-refractivity contribution in [2.75, 3.05) is 33.4 Å². The molecule has 0 atom stereocenters. The molecule has 0 spiro atoms. The van der Waals surface area contributed by atoms with Crippen LogP contribution in [0.1, 0.15) is 33.1 Å². The normalized spacial score (nSPS) is 19.3. The highest BCUT2D eigenvalue weighted by Gasteiger charge is 2.39. The van der Waals surface area contributed by atoms with Crippen molar-refractivity contribution >= 4 is 5.91 Å². The monoisotopic (exact) mass is 242 g/mol. The van der Waals surface area contributed by atoms with E-state index in [9.17, 15) is 4.79 Å². The van der Waals surface area contributed by atoms with Crippen LogP contribution in [0.15, 0.2) is 0 Å². The van der Waals surface area contributed by atoms with Crippen molar-refractivity contribution < 1.29 is 9.53 Å². The smallest absolute Gasteiger partial charge is 0.228 e. The van der Waals surface area contributed by atoms with E-state index < -0.39 is 0 Å². The molecule has 0 bridgehead atoms. The van der Waals surface area contributed by atoms with Crippen molar-refractivity contribution in [1.29, 1.82) is 0 Å². The minimum atomic E-state index is -0.309. The van der Waals surface area contributed by atoms with Crippen molar-refractivity contribution in [3.63, 3.8) is 0 Å². The standard InChI is InChI=1S/C13H26N2O2/c1-11(2)4-7-15-12(16)13(10-17-3)5-8-14-9-6-13/h11,14H,4-10H2,1-3H3,(H,15,16). The predicted octanol–water partition coefficient (Wildman–Crippen LogP) is 1.16. The lowest BCUT2D eigenvalue weighted by Gasteiger charge is -2.35. The number of ether oxygens (including phenoxy) is 1. The SMILES string of the molecule is COCC1(C(=O)NCCC(C)C)CCNCC1. The number of amides is 1. The molecule has 4 nitrogen and oxygen atoms in total. The average molecular weight is 242 g/mol. The van der Waals surface area contributed by atoms with Gasteiger partial charge in [0.25, 0.3) is 0 Å². The van der Waals surface area contributed by atoms with Gasteiger partial charge in [-0.25, -0.2) is 0 Å². The number of carbonyl (C=O) groups is 1. The van der Waals surface area contributed by atoms with Gasteiger partial charge in [-0.2, -0.15) is 0 Å². The molecule has 0 aromatic heterocycles. The van der Waals surface area contributed by atoms with Gasteiger partial charge >= 0.3 is 0 Å². The molecule has 0 radical (unpaired) electrons. The first-order valence-electron chi connectivity index (χ1n) is 6.59. The van der Waals surface area contributed by atoms with Crippen LogP contribution in [0.2, 0.25) is 0 Å². The van der Waals surface area contributed by atoms with Crippen molar-refractivity contribution in [2.24, 2.45) is 11.3 Å². The maximum Gasteiger partial charge on any atom is 0.228 e. The Morgan fingerprint density at radius 1 is 1.41 bits per heavy atom. The molecule has 0 saturated carbocycles. The molecular weight excluding hydrogens is 216 g/mol.